The average molecular weight is 283 g/mol. The summed E-state index contributed by atoms with van der Waals surface area (Å²) in [6.07, 6.45) is 1.18. The summed E-state index contributed by atoms with van der Waals surface area (Å²) >= 11 is 0. The van der Waals surface area contributed by atoms with E-state index in [0.29, 0.717) is 17.4 Å². The molecule has 1 saturated heterocycles. The molecule has 2 aromatic rings. The van der Waals surface area contributed by atoms with E-state index in [0.717, 1.165) is 25.2 Å². The van der Waals surface area contributed by atoms with Gasteiger partial charge in [-0.3, -0.25) is 4.90 Å². The van der Waals surface area contributed by atoms with Crippen LogP contribution in [0.25, 0.3) is 0 Å². The van der Waals surface area contributed by atoms with Gasteiger partial charge in [-0.1, -0.05) is 36.4 Å². The molecule has 0 aromatic heterocycles. The Bertz CT molecular complexity index is 597. The quantitative estimate of drug-likeness (QED) is 0.933. The van der Waals surface area contributed by atoms with Crippen molar-refractivity contribution in [2.24, 2.45) is 0 Å². The normalized spacial score (nSPS) is 18.8. The van der Waals surface area contributed by atoms with Gasteiger partial charge in [-0.25, -0.2) is 0 Å². The van der Waals surface area contributed by atoms with Crippen LogP contribution in [0.1, 0.15) is 23.5 Å². The highest BCUT2D eigenvalue weighted by Crippen LogP contribution is 2.30. The molecule has 2 aromatic carbocycles. The average Bonchev–Trinajstić information content (AvgIpc) is 2.99. The third kappa shape index (κ3) is 3.19. The number of hydrogen-bond donors (Lipinski definition) is 1. The molecule has 3 heteroatoms. The Hall–Kier alpha value is -2.00. The maximum absolute atomic E-state index is 10.1. The van der Waals surface area contributed by atoms with E-state index in [9.17, 15) is 5.11 Å². The fourth-order valence-corrected chi connectivity index (χ4v) is 3.02. The molecule has 3 rings (SSSR count). The molecule has 1 aliphatic rings. The Morgan fingerprint density at radius 3 is 2.71 bits per heavy atom. The van der Waals surface area contributed by atoms with Crippen molar-refractivity contribution < 1.29 is 9.84 Å². The molecule has 0 radical (unpaired) electrons. The second-order valence-electron chi connectivity index (χ2n) is 5.63. The smallest absolute Gasteiger partial charge is 0.123 e. The van der Waals surface area contributed by atoms with Gasteiger partial charge in [-0.2, -0.15) is 0 Å². The number of benzene rings is 2. The van der Waals surface area contributed by atoms with Gasteiger partial charge < -0.3 is 9.84 Å². The van der Waals surface area contributed by atoms with Crippen LogP contribution in [0.2, 0.25) is 0 Å². The van der Waals surface area contributed by atoms with E-state index in [1.807, 2.05) is 12.1 Å². The van der Waals surface area contributed by atoms with E-state index < -0.39 is 0 Å². The molecule has 0 spiro atoms. The summed E-state index contributed by atoms with van der Waals surface area (Å²) in [6.45, 7) is 2.92. The standard InChI is InChI=1S/C18H21NO2/c1-21-17-8-7-16(18(20)11-17)13-19-10-9-15(12-19)14-5-3-2-4-6-14/h2-8,11,15,20H,9-10,12-13H2,1H3. The Morgan fingerprint density at radius 1 is 1.19 bits per heavy atom. The molecule has 0 amide bonds. The van der Waals surface area contributed by atoms with Gasteiger partial charge >= 0.3 is 0 Å². The summed E-state index contributed by atoms with van der Waals surface area (Å²) in [5, 5.41) is 10.1. The summed E-state index contributed by atoms with van der Waals surface area (Å²) in [5.74, 6) is 1.61. The number of ether oxygens (including phenoxy) is 1. The first kappa shape index (κ1) is 14.0. The van der Waals surface area contributed by atoms with Crippen molar-refractivity contribution in [1.82, 2.24) is 4.90 Å². The van der Waals surface area contributed by atoms with Gasteiger partial charge in [0.2, 0.25) is 0 Å². The molecular formula is C18H21NO2. The molecule has 1 heterocycles. The second-order valence-corrected chi connectivity index (χ2v) is 5.63. The van der Waals surface area contributed by atoms with Gasteiger partial charge in [-0.15, -0.1) is 0 Å². The predicted octanol–water partition coefficient (Wildman–Crippen LogP) is 3.39. The van der Waals surface area contributed by atoms with Crippen LogP contribution in [0.3, 0.4) is 0 Å². The zero-order chi connectivity index (χ0) is 14.7. The molecule has 0 bridgehead atoms. The van der Waals surface area contributed by atoms with Crippen LogP contribution in [0, 0.1) is 0 Å². The molecule has 1 aliphatic heterocycles. The third-order valence-corrected chi connectivity index (χ3v) is 4.23. The number of rotatable bonds is 4. The monoisotopic (exact) mass is 283 g/mol. The zero-order valence-electron chi connectivity index (χ0n) is 12.3. The first-order valence-electron chi connectivity index (χ1n) is 7.39. The highest BCUT2D eigenvalue weighted by Gasteiger charge is 2.24. The van der Waals surface area contributed by atoms with Gasteiger partial charge in [0.05, 0.1) is 7.11 Å². The molecule has 3 nitrogen and oxygen atoms in total. The summed E-state index contributed by atoms with van der Waals surface area (Å²) < 4.78 is 5.12. The third-order valence-electron chi connectivity index (χ3n) is 4.23. The van der Waals surface area contributed by atoms with Crippen LogP contribution >= 0.6 is 0 Å². The van der Waals surface area contributed by atoms with E-state index in [-0.39, 0.29) is 0 Å². The number of phenolic OH excluding ortho intramolecular Hbond substituents is 1. The van der Waals surface area contributed by atoms with Crippen LogP contribution in [0.4, 0.5) is 0 Å². The SMILES string of the molecule is COc1ccc(CN2CCC(c3ccccc3)C2)c(O)c1. The van der Waals surface area contributed by atoms with Crippen LogP contribution in [-0.4, -0.2) is 30.2 Å². The topological polar surface area (TPSA) is 32.7 Å². The molecule has 1 atom stereocenters. The number of nitrogens with zero attached hydrogens (tertiary/aromatic N) is 1. The van der Waals surface area contributed by atoms with Crippen molar-refractivity contribution in [3.63, 3.8) is 0 Å². The Kier molecular flexibility index (Phi) is 4.11. The minimum atomic E-state index is 0.317. The Balaban J connectivity index is 1.65. The molecule has 1 N–H and O–H groups in total. The highest BCUT2D eigenvalue weighted by atomic mass is 16.5. The summed E-state index contributed by atoms with van der Waals surface area (Å²) in [6, 6.07) is 16.2. The summed E-state index contributed by atoms with van der Waals surface area (Å²) in [7, 11) is 1.61. The second kappa shape index (κ2) is 6.19. The Morgan fingerprint density at radius 2 is 2.00 bits per heavy atom. The van der Waals surface area contributed by atoms with Crippen LogP contribution in [0.5, 0.6) is 11.5 Å². The zero-order valence-corrected chi connectivity index (χ0v) is 12.3. The van der Waals surface area contributed by atoms with Crippen molar-refractivity contribution in [1.29, 1.82) is 0 Å². The molecule has 21 heavy (non-hydrogen) atoms. The van der Waals surface area contributed by atoms with Gasteiger partial charge in [0.1, 0.15) is 11.5 Å². The number of phenols is 1. The van der Waals surface area contributed by atoms with E-state index in [4.69, 9.17) is 4.74 Å². The van der Waals surface area contributed by atoms with Crippen molar-refractivity contribution in [3.05, 3.63) is 59.7 Å². The molecule has 110 valence electrons. The van der Waals surface area contributed by atoms with Gasteiger partial charge in [-0.05, 0) is 30.5 Å². The predicted molar refractivity (Wildman–Crippen MR) is 83.7 cm³/mol. The number of hydrogen-bond acceptors (Lipinski definition) is 3. The van der Waals surface area contributed by atoms with Crippen LogP contribution in [0.15, 0.2) is 48.5 Å². The fraction of sp³-hybridized carbons (Fsp3) is 0.333. The highest BCUT2D eigenvalue weighted by molar-refractivity contribution is 5.39. The van der Waals surface area contributed by atoms with Gasteiger partial charge in [0.25, 0.3) is 0 Å². The van der Waals surface area contributed by atoms with Crippen LogP contribution in [-0.2, 0) is 6.54 Å². The largest absolute Gasteiger partial charge is 0.507 e. The minimum absolute atomic E-state index is 0.317. The molecule has 0 aliphatic carbocycles. The van der Waals surface area contributed by atoms with Gasteiger partial charge in [0, 0.05) is 24.7 Å². The number of aromatic hydroxyl groups is 1. The van der Waals surface area contributed by atoms with Crippen molar-refractivity contribution in [2.75, 3.05) is 20.2 Å². The minimum Gasteiger partial charge on any atom is -0.507 e. The van der Waals surface area contributed by atoms with E-state index in [1.165, 1.54) is 12.0 Å². The molecular weight excluding hydrogens is 262 g/mol. The lowest BCUT2D eigenvalue weighted by Gasteiger charge is -2.17. The lowest BCUT2D eigenvalue weighted by Crippen LogP contribution is -2.19. The van der Waals surface area contributed by atoms with Crippen molar-refractivity contribution in [3.8, 4) is 11.5 Å². The summed E-state index contributed by atoms with van der Waals surface area (Å²) in [4.78, 5) is 2.40. The van der Waals surface area contributed by atoms with Gasteiger partial charge in [0.15, 0.2) is 0 Å². The van der Waals surface area contributed by atoms with Crippen molar-refractivity contribution in [2.45, 2.75) is 18.9 Å². The molecule has 1 unspecified atom stereocenters. The fourth-order valence-electron chi connectivity index (χ4n) is 3.02. The first-order valence-corrected chi connectivity index (χ1v) is 7.39. The van der Waals surface area contributed by atoms with E-state index in [2.05, 4.69) is 35.2 Å². The summed E-state index contributed by atoms with van der Waals surface area (Å²) in [5.41, 5.74) is 2.38. The lowest BCUT2D eigenvalue weighted by atomic mass is 9.99. The maximum atomic E-state index is 10.1. The van der Waals surface area contributed by atoms with Crippen molar-refractivity contribution >= 4 is 0 Å². The Labute approximate surface area is 125 Å². The number of likely N-dealkylation sites (tertiary alicyclic amines) is 1. The lowest BCUT2D eigenvalue weighted by molar-refractivity contribution is 0.319. The molecule has 0 saturated carbocycles. The first-order chi connectivity index (χ1) is 10.3. The maximum Gasteiger partial charge on any atom is 0.123 e. The molecule has 1 fully saturated rings. The van der Waals surface area contributed by atoms with E-state index in [1.54, 1.807) is 13.2 Å². The van der Waals surface area contributed by atoms with Crippen LogP contribution < -0.4 is 4.74 Å². The number of methoxy groups -OCH3 is 1. The van der Waals surface area contributed by atoms with E-state index >= 15 is 0 Å².